The van der Waals surface area contributed by atoms with E-state index in [-0.39, 0.29) is 17.9 Å². The Morgan fingerprint density at radius 1 is 1.39 bits per heavy atom. The van der Waals surface area contributed by atoms with Gasteiger partial charge in [0.05, 0.1) is 24.9 Å². The SMILES string of the molecule is O=C(CCn1ncc2ccc(Cl)cc21)NCC1(CO)CCCC1. The lowest BCUT2D eigenvalue weighted by Gasteiger charge is -2.26. The summed E-state index contributed by atoms with van der Waals surface area (Å²) in [5, 5.41) is 18.5. The lowest BCUT2D eigenvalue weighted by molar-refractivity contribution is -0.122. The molecule has 1 amide bonds. The number of carbonyl (C=O) groups is 1. The fraction of sp³-hybridized carbons (Fsp3) is 0.529. The second-order valence-corrected chi connectivity index (χ2v) is 6.90. The quantitative estimate of drug-likeness (QED) is 0.853. The van der Waals surface area contributed by atoms with Crippen LogP contribution in [-0.2, 0) is 11.3 Å². The predicted molar refractivity (Wildman–Crippen MR) is 90.4 cm³/mol. The molecule has 0 atom stereocenters. The first-order valence-corrected chi connectivity index (χ1v) is 8.48. The number of fused-ring (bicyclic) bond motifs is 1. The van der Waals surface area contributed by atoms with Gasteiger partial charge in [0.25, 0.3) is 0 Å². The van der Waals surface area contributed by atoms with E-state index in [1.54, 1.807) is 10.9 Å². The molecule has 1 aromatic carbocycles. The van der Waals surface area contributed by atoms with Crippen LogP contribution in [0.3, 0.4) is 0 Å². The first kappa shape index (κ1) is 16.3. The van der Waals surface area contributed by atoms with Gasteiger partial charge in [0.1, 0.15) is 0 Å². The number of aromatic nitrogens is 2. The molecule has 0 aliphatic heterocycles. The van der Waals surface area contributed by atoms with Gasteiger partial charge in [-0.25, -0.2) is 0 Å². The molecule has 0 saturated heterocycles. The summed E-state index contributed by atoms with van der Waals surface area (Å²) in [7, 11) is 0. The van der Waals surface area contributed by atoms with Gasteiger partial charge >= 0.3 is 0 Å². The molecule has 5 nitrogen and oxygen atoms in total. The highest BCUT2D eigenvalue weighted by atomic mass is 35.5. The zero-order valence-electron chi connectivity index (χ0n) is 13.1. The lowest BCUT2D eigenvalue weighted by Crippen LogP contribution is -2.38. The van der Waals surface area contributed by atoms with Crippen molar-refractivity contribution in [3.63, 3.8) is 0 Å². The zero-order chi connectivity index (χ0) is 16.3. The third-order valence-electron chi connectivity index (χ3n) is 4.82. The second-order valence-electron chi connectivity index (χ2n) is 6.46. The third-order valence-corrected chi connectivity index (χ3v) is 5.05. The van der Waals surface area contributed by atoms with Crippen LogP contribution in [0.5, 0.6) is 0 Å². The van der Waals surface area contributed by atoms with E-state index >= 15 is 0 Å². The number of aliphatic hydroxyl groups is 1. The Kier molecular flexibility index (Phi) is 4.87. The summed E-state index contributed by atoms with van der Waals surface area (Å²) >= 11 is 6.02. The molecule has 0 unspecified atom stereocenters. The number of nitrogens with zero attached hydrogens (tertiary/aromatic N) is 2. The number of amides is 1. The standard InChI is InChI=1S/C17H22ClN3O2/c18-14-4-3-13-10-20-21(15(13)9-14)8-5-16(23)19-11-17(12-22)6-1-2-7-17/h3-4,9-10,22H,1-2,5-8,11-12H2,(H,19,23). The van der Waals surface area contributed by atoms with Gasteiger partial charge in [-0.1, -0.05) is 24.4 Å². The molecule has 124 valence electrons. The monoisotopic (exact) mass is 335 g/mol. The van der Waals surface area contributed by atoms with Gasteiger partial charge in [0.15, 0.2) is 0 Å². The number of benzene rings is 1. The minimum absolute atomic E-state index is 0.00426. The summed E-state index contributed by atoms with van der Waals surface area (Å²) in [6, 6.07) is 5.62. The molecule has 0 bridgehead atoms. The van der Waals surface area contributed by atoms with E-state index in [2.05, 4.69) is 10.4 Å². The minimum atomic E-state index is -0.110. The number of aliphatic hydroxyl groups excluding tert-OH is 1. The Morgan fingerprint density at radius 2 is 2.17 bits per heavy atom. The molecule has 3 rings (SSSR count). The van der Waals surface area contributed by atoms with Gasteiger partial charge < -0.3 is 10.4 Å². The highest BCUT2D eigenvalue weighted by molar-refractivity contribution is 6.31. The molecule has 1 aromatic heterocycles. The van der Waals surface area contributed by atoms with Crippen LogP contribution in [0.1, 0.15) is 32.1 Å². The van der Waals surface area contributed by atoms with Crippen LogP contribution in [0.4, 0.5) is 0 Å². The number of nitrogens with one attached hydrogen (secondary N) is 1. The van der Waals surface area contributed by atoms with Crippen LogP contribution in [0.25, 0.3) is 10.9 Å². The summed E-state index contributed by atoms with van der Waals surface area (Å²) in [5.41, 5.74) is 0.828. The maximum absolute atomic E-state index is 12.1. The van der Waals surface area contributed by atoms with Crippen LogP contribution >= 0.6 is 11.6 Å². The Labute approximate surface area is 140 Å². The van der Waals surface area contributed by atoms with E-state index in [0.29, 0.717) is 24.5 Å². The minimum Gasteiger partial charge on any atom is -0.396 e. The predicted octanol–water partition coefficient (Wildman–Crippen LogP) is 2.75. The van der Waals surface area contributed by atoms with Gasteiger partial charge in [-0.15, -0.1) is 0 Å². The Morgan fingerprint density at radius 3 is 2.91 bits per heavy atom. The molecule has 0 radical (unpaired) electrons. The van der Waals surface area contributed by atoms with Gasteiger partial charge in [0, 0.05) is 28.8 Å². The molecule has 2 N–H and O–H groups in total. The van der Waals surface area contributed by atoms with Crippen molar-refractivity contribution in [2.45, 2.75) is 38.6 Å². The van der Waals surface area contributed by atoms with E-state index in [4.69, 9.17) is 11.6 Å². The van der Waals surface area contributed by atoms with E-state index in [9.17, 15) is 9.90 Å². The molecule has 0 spiro atoms. The molecule has 1 saturated carbocycles. The Bertz CT molecular complexity index is 692. The van der Waals surface area contributed by atoms with Crippen LogP contribution in [0.15, 0.2) is 24.4 Å². The average Bonchev–Trinajstić information content (AvgIpc) is 3.18. The highest BCUT2D eigenvalue weighted by Gasteiger charge is 2.33. The summed E-state index contributed by atoms with van der Waals surface area (Å²) in [6.07, 6.45) is 6.40. The molecule has 1 heterocycles. The van der Waals surface area contributed by atoms with Crippen molar-refractivity contribution in [1.29, 1.82) is 0 Å². The molecule has 1 aliphatic rings. The van der Waals surface area contributed by atoms with Crippen molar-refractivity contribution >= 4 is 28.4 Å². The summed E-state index contributed by atoms with van der Waals surface area (Å²) in [4.78, 5) is 12.1. The van der Waals surface area contributed by atoms with Crippen molar-refractivity contribution < 1.29 is 9.90 Å². The molecule has 6 heteroatoms. The summed E-state index contributed by atoms with van der Waals surface area (Å²) in [6.45, 7) is 1.23. The zero-order valence-corrected chi connectivity index (χ0v) is 13.9. The Balaban J connectivity index is 1.55. The van der Waals surface area contributed by atoms with E-state index in [0.717, 1.165) is 36.6 Å². The van der Waals surface area contributed by atoms with Gasteiger partial charge in [0.2, 0.25) is 5.91 Å². The van der Waals surface area contributed by atoms with E-state index in [1.165, 1.54) is 0 Å². The average molecular weight is 336 g/mol. The van der Waals surface area contributed by atoms with Crippen molar-refractivity contribution in [3.05, 3.63) is 29.4 Å². The molecular formula is C17H22ClN3O2. The lowest BCUT2D eigenvalue weighted by atomic mass is 9.87. The molecule has 1 fully saturated rings. The third kappa shape index (κ3) is 3.67. The van der Waals surface area contributed by atoms with Crippen molar-refractivity contribution in [2.24, 2.45) is 5.41 Å². The van der Waals surface area contributed by atoms with Crippen LogP contribution in [0.2, 0.25) is 5.02 Å². The number of hydrogen-bond donors (Lipinski definition) is 2. The number of rotatable bonds is 6. The highest BCUT2D eigenvalue weighted by Crippen LogP contribution is 2.36. The topological polar surface area (TPSA) is 67.2 Å². The number of hydrogen-bond acceptors (Lipinski definition) is 3. The summed E-state index contributed by atoms with van der Waals surface area (Å²) in [5.74, 6) is -0.00426. The first-order chi connectivity index (χ1) is 11.1. The van der Waals surface area contributed by atoms with Crippen LogP contribution in [0, 0.1) is 5.41 Å². The molecular weight excluding hydrogens is 314 g/mol. The molecule has 1 aliphatic carbocycles. The first-order valence-electron chi connectivity index (χ1n) is 8.11. The van der Waals surface area contributed by atoms with Crippen LogP contribution < -0.4 is 5.32 Å². The van der Waals surface area contributed by atoms with E-state index in [1.807, 2.05) is 18.2 Å². The Hall–Kier alpha value is -1.59. The van der Waals surface area contributed by atoms with Crippen molar-refractivity contribution in [3.8, 4) is 0 Å². The second kappa shape index (κ2) is 6.89. The largest absolute Gasteiger partial charge is 0.396 e. The molecule has 23 heavy (non-hydrogen) atoms. The van der Waals surface area contributed by atoms with Gasteiger partial charge in [-0.05, 0) is 31.0 Å². The van der Waals surface area contributed by atoms with Crippen LogP contribution in [-0.4, -0.2) is 33.9 Å². The normalized spacial score (nSPS) is 16.8. The number of halogens is 1. The number of carbonyl (C=O) groups excluding carboxylic acids is 1. The van der Waals surface area contributed by atoms with Crippen molar-refractivity contribution in [1.82, 2.24) is 15.1 Å². The fourth-order valence-corrected chi connectivity index (χ4v) is 3.49. The van der Waals surface area contributed by atoms with E-state index < -0.39 is 0 Å². The summed E-state index contributed by atoms with van der Waals surface area (Å²) < 4.78 is 1.80. The van der Waals surface area contributed by atoms with Gasteiger partial charge in [-0.2, -0.15) is 5.10 Å². The maximum Gasteiger partial charge on any atom is 0.221 e. The smallest absolute Gasteiger partial charge is 0.221 e. The van der Waals surface area contributed by atoms with Gasteiger partial charge in [-0.3, -0.25) is 9.48 Å². The maximum atomic E-state index is 12.1. The fourth-order valence-electron chi connectivity index (χ4n) is 3.32. The number of aryl methyl sites for hydroxylation is 1. The van der Waals surface area contributed by atoms with Crippen molar-refractivity contribution in [2.75, 3.05) is 13.2 Å². The molecule has 2 aromatic rings.